The molecule has 0 aromatic heterocycles. The van der Waals surface area contributed by atoms with Crippen LogP contribution in [0.4, 0.5) is 17.6 Å². The maximum atomic E-state index is 15.2. The summed E-state index contributed by atoms with van der Waals surface area (Å²) in [6.07, 6.45) is 6.45. The van der Waals surface area contributed by atoms with Crippen LogP contribution in [0.3, 0.4) is 0 Å². The number of rotatable bonds is 17. The summed E-state index contributed by atoms with van der Waals surface area (Å²) in [5.74, 6) is -7.02. The molecular formula is C39H44F4O7. The quantitative estimate of drug-likeness (QED) is 0.0791. The molecule has 270 valence electrons. The third kappa shape index (κ3) is 9.23. The molecule has 2 saturated heterocycles. The van der Waals surface area contributed by atoms with Crippen LogP contribution in [0.1, 0.15) is 97.9 Å². The summed E-state index contributed by atoms with van der Waals surface area (Å²) in [7, 11) is 0. The van der Waals surface area contributed by atoms with Crippen LogP contribution in [-0.4, -0.2) is 56.2 Å². The van der Waals surface area contributed by atoms with E-state index in [4.69, 9.17) is 23.7 Å². The topological polar surface area (TPSA) is 80.3 Å². The van der Waals surface area contributed by atoms with Crippen LogP contribution in [0, 0.1) is 23.3 Å². The minimum absolute atomic E-state index is 0.0407. The Kier molecular flexibility index (Phi) is 13.3. The van der Waals surface area contributed by atoms with E-state index >= 15 is 8.78 Å². The third-order valence-corrected chi connectivity index (χ3v) is 9.07. The van der Waals surface area contributed by atoms with Gasteiger partial charge in [0.15, 0.2) is 12.2 Å². The van der Waals surface area contributed by atoms with E-state index in [-0.39, 0.29) is 31.1 Å². The molecule has 11 heteroatoms. The van der Waals surface area contributed by atoms with Gasteiger partial charge in [0.1, 0.15) is 52.4 Å². The number of carbonyl (C=O) groups is 2. The van der Waals surface area contributed by atoms with Crippen molar-refractivity contribution < 1.29 is 50.8 Å². The normalized spacial score (nSPS) is 19.7. The van der Waals surface area contributed by atoms with Crippen molar-refractivity contribution in [2.75, 3.05) is 19.8 Å². The van der Waals surface area contributed by atoms with Crippen molar-refractivity contribution >= 4 is 11.9 Å². The number of carbonyl (C=O) groups excluding carboxylic acids is 2. The van der Waals surface area contributed by atoms with E-state index < -0.39 is 70.8 Å². The molecule has 0 bridgehead atoms. The number of esters is 2. The van der Waals surface area contributed by atoms with E-state index in [0.29, 0.717) is 5.56 Å². The molecule has 0 N–H and O–H groups in total. The molecule has 4 atom stereocenters. The van der Waals surface area contributed by atoms with Crippen molar-refractivity contribution in [3.05, 3.63) is 88.5 Å². The second-order valence-corrected chi connectivity index (χ2v) is 12.8. The average molecular weight is 701 g/mol. The maximum Gasteiger partial charge on any atom is 0.344 e. The van der Waals surface area contributed by atoms with Crippen LogP contribution in [0.5, 0.6) is 5.75 Å². The van der Waals surface area contributed by atoms with Gasteiger partial charge in [0.05, 0.1) is 19.8 Å². The van der Waals surface area contributed by atoms with Crippen molar-refractivity contribution in [3.63, 3.8) is 0 Å². The molecule has 3 aromatic rings. The van der Waals surface area contributed by atoms with Gasteiger partial charge < -0.3 is 23.7 Å². The predicted molar refractivity (Wildman–Crippen MR) is 178 cm³/mol. The molecule has 0 aliphatic carbocycles. The Bertz CT molecular complexity index is 1570. The molecule has 0 saturated carbocycles. The average Bonchev–Trinajstić information content (AvgIpc) is 3.67. The minimum atomic E-state index is -1.27. The number of hydrogen-bond acceptors (Lipinski definition) is 7. The van der Waals surface area contributed by atoms with Crippen LogP contribution in [0.15, 0.2) is 48.5 Å². The van der Waals surface area contributed by atoms with Crippen molar-refractivity contribution in [3.8, 4) is 16.9 Å². The fourth-order valence-electron chi connectivity index (χ4n) is 6.30. The van der Waals surface area contributed by atoms with Crippen molar-refractivity contribution in [1.82, 2.24) is 0 Å². The van der Waals surface area contributed by atoms with Gasteiger partial charge in [-0.25, -0.2) is 27.2 Å². The summed E-state index contributed by atoms with van der Waals surface area (Å²) < 4.78 is 87.3. The zero-order valence-corrected chi connectivity index (χ0v) is 28.5. The van der Waals surface area contributed by atoms with Gasteiger partial charge in [-0.15, -0.1) is 0 Å². The van der Waals surface area contributed by atoms with Gasteiger partial charge in [-0.3, -0.25) is 0 Å². The Labute approximate surface area is 290 Å². The van der Waals surface area contributed by atoms with E-state index in [1.54, 1.807) is 12.1 Å². The summed E-state index contributed by atoms with van der Waals surface area (Å²) in [6.45, 7) is 4.09. The molecule has 50 heavy (non-hydrogen) atoms. The van der Waals surface area contributed by atoms with E-state index in [0.717, 1.165) is 74.8 Å². The largest absolute Gasteiger partial charge is 0.493 e. The number of benzene rings is 3. The van der Waals surface area contributed by atoms with Crippen molar-refractivity contribution in [2.24, 2.45) is 0 Å². The van der Waals surface area contributed by atoms with Gasteiger partial charge in [-0.2, -0.15) is 0 Å². The highest BCUT2D eigenvalue weighted by molar-refractivity contribution is 5.91. The van der Waals surface area contributed by atoms with E-state index in [1.807, 2.05) is 12.1 Å². The third-order valence-electron chi connectivity index (χ3n) is 9.07. The SMILES string of the molecule is CCCCCCCc1ccc(-c2cc(F)c(C(=O)O[C@@H]3CO[C@@H]4[C@H]3OC[C@@H]4OC(=O)c3c(F)cc(OCCCCCC)cc3F)c(F)c2)cc1. The Balaban J connectivity index is 1.15. The highest BCUT2D eigenvalue weighted by Gasteiger charge is 2.51. The number of hydrogen-bond donors (Lipinski definition) is 0. The minimum Gasteiger partial charge on any atom is -0.493 e. The second kappa shape index (κ2) is 17.8. The van der Waals surface area contributed by atoms with E-state index in [9.17, 15) is 18.4 Å². The van der Waals surface area contributed by atoms with Crippen LogP contribution in [0.25, 0.3) is 11.1 Å². The Morgan fingerprint density at radius 3 is 1.64 bits per heavy atom. The predicted octanol–water partition coefficient (Wildman–Crippen LogP) is 8.93. The zero-order chi connectivity index (χ0) is 35.6. The molecule has 2 aliphatic rings. The summed E-state index contributed by atoms with van der Waals surface area (Å²) in [5, 5.41) is 0. The first-order chi connectivity index (χ1) is 24.2. The van der Waals surface area contributed by atoms with Crippen LogP contribution < -0.4 is 4.74 Å². The first-order valence-electron chi connectivity index (χ1n) is 17.6. The van der Waals surface area contributed by atoms with Gasteiger partial charge in [0, 0.05) is 12.1 Å². The maximum absolute atomic E-state index is 15.2. The molecule has 5 rings (SSSR count). The van der Waals surface area contributed by atoms with E-state index in [1.165, 1.54) is 19.3 Å². The molecule has 2 fully saturated rings. The molecule has 0 spiro atoms. The van der Waals surface area contributed by atoms with Crippen molar-refractivity contribution in [1.29, 1.82) is 0 Å². The highest BCUT2D eigenvalue weighted by atomic mass is 19.1. The Morgan fingerprint density at radius 2 is 1.12 bits per heavy atom. The summed E-state index contributed by atoms with van der Waals surface area (Å²) in [6, 6.07) is 11.5. The lowest BCUT2D eigenvalue weighted by Crippen LogP contribution is -2.36. The fourth-order valence-corrected chi connectivity index (χ4v) is 6.30. The summed E-state index contributed by atoms with van der Waals surface area (Å²) in [5.41, 5.74) is 0.265. The number of aryl methyl sites for hydroxylation is 1. The van der Waals surface area contributed by atoms with Crippen molar-refractivity contribution in [2.45, 2.75) is 102 Å². The molecule has 2 heterocycles. The number of unbranched alkanes of at least 4 members (excludes halogenated alkanes) is 7. The highest BCUT2D eigenvalue weighted by Crippen LogP contribution is 2.33. The molecule has 0 unspecified atom stereocenters. The van der Waals surface area contributed by atoms with Gasteiger partial charge in [-0.05, 0) is 48.1 Å². The number of halogens is 4. The van der Waals surface area contributed by atoms with Crippen LogP contribution in [0.2, 0.25) is 0 Å². The lowest BCUT2D eigenvalue weighted by atomic mass is 9.99. The molecule has 0 amide bonds. The number of fused-ring (bicyclic) bond motifs is 1. The van der Waals surface area contributed by atoms with Crippen LogP contribution >= 0.6 is 0 Å². The van der Waals surface area contributed by atoms with Gasteiger partial charge >= 0.3 is 11.9 Å². The Hall–Kier alpha value is -3.96. The smallest absolute Gasteiger partial charge is 0.344 e. The van der Waals surface area contributed by atoms with E-state index in [2.05, 4.69) is 13.8 Å². The molecule has 7 nitrogen and oxygen atoms in total. The molecular weight excluding hydrogens is 656 g/mol. The fraction of sp³-hybridized carbons (Fsp3) is 0.487. The summed E-state index contributed by atoms with van der Waals surface area (Å²) >= 11 is 0. The monoisotopic (exact) mass is 700 g/mol. The summed E-state index contributed by atoms with van der Waals surface area (Å²) in [4.78, 5) is 25.7. The molecule has 2 aliphatic heterocycles. The lowest BCUT2D eigenvalue weighted by molar-refractivity contribution is -0.0293. The van der Waals surface area contributed by atoms with Gasteiger partial charge in [0.2, 0.25) is 0 Å². The first-order valence-corrected chi connectivity index (χ1v) is 17.6. The standard InChI is InChI=1S/C39H44F4O7/c1-3-5-7-9-10-12-24-13-15-25(16-14-24)26-18-28(40)34(29(41)19-26)38(44)49-32-22-47-37-33(23-48-36(32)37)50-39(45)35-30(42)20-27(21-31(35)43)46-17-11-8-6-4-2/h13-16,18-21,32-33,36-37H,3-12,17,22-23H2,1-2H3/t32-,33+,36+,37+/m1/s1. The molecule has 0 radical (unpaired) electrons. The lowest BCUT2D eigenvalue weighted by Gasteiger charge is -2.18. The molecule has 3 aromatic carbocycles. The van der Waals surface area contributed by atoms with Crippen LogP contribution in [-0.2, 0) is 25.4 Å². The van der Waals surface area contributed by atoms with Gasteiger partial charge in [0.25, 0.3) is 0 Å². The number of ether oxygens (including phenoxy) is 5. The van der Waals surface area contributed by atoms with Gasteiger partial charge in [-0.1, -0.05) is 83.1 Å². The Morgan fingerprint density at radius 1 is 0.640 bits per heavy atom. The second-order valence-electron chi connectivity index (χ2n) is 12.8. The zero-order valence-electron chi connectivity index (χ0n) is 28.5. The first kappa shape index (κ1) is 37.3.